The lowest BCUT2D eigenvalue weighted by Gasteiger charge is -2.38. The van der Waals surface area contributed by atoms with Crippen LogP contribution in [0.25, 0.3) is 10.9 Å². The highest BCUT2D eigenvalue weighted by Gasteiger charge is 2.46. The Labute approximate surface area is 188 Å². The van der Waals surface area contributed by atoms with Gasteiger partial charge in [0.05, 0.1) is 22.3 Å². The third kappa shape index (κ3) is 2.92. The molecule has 0 fully saturated rings. The molecule has 8 nitrogen and oxygen atoms in total. The van der Waals surface area contributed by atoms with Crippen LogP contribution in [0.2, 0.25) is 0 Å². The van der Waals surface area contributed by atoms with Gasteiger partial charge in [0.1, 0.15) is 18.1 Å². The van der Waals surface area contributed by atoms with E-state index in [4.69, 9.17) is 4.98 Å². The van der Waals surface area contributed by atoms with E-state index in [1.807, 2.05) is 43.6 Å². The Kier molecular flexibility index (Phi) is 4.25. The second kappa shape index (κ2) is 7.18. The number of pyridine rings is 1. The van der Waals surface area contributed by atoms with E-state index in [9.17, 15) is 14.4 Å². The van der Waals surface area contributed by atoms with E-state index in [1.54, 1.807) is 15.6 Å². The molecule has 33 heavy (non-hydrogen) atoms. The fourth-order valence-electron chi connectivity index (χ4n) is 4.90. The fourth-order valence-corrected chi connectivity index (χ4v) is 4.90. The Bertz CT molecular complexity index is 1490. The zero-order chi connectivity index (χ0) is 22.7. The molecule has 2 aliphatic rings. The van der Waals surface area contributed by atoms with Crippen LogP contribution in [-0.4, -0.2) is 37.3 Å². The molecule has 1 unspecified atom stereocenters. The van der Waals surface area contributed by atoms with E-state index in [-0.39, 0.29) is 11.5 Å². The molecule has 9 heteroatoms. The second-order valence-corrected chi connectivity index (χ2v) is 8.29. The molecule has 2 aromatic heterocycles. The minimum atomic E-state index is -0.613. The first-order valence-corrected chi connectivity index (χ1v) is 10.6. The minimum Gasteiger partial charge on any atom is -0.288 e. The molecular weight excluding hydrogens is 421 g/mol. The Morgan fingerprint density at radius 2 is 2.09 bits per heavy atom. The van der Waals surface area contributed by atoms with Gasteiger partial charge in [-0.1, -0.05) is 23.4 Å². The largest absolute Gasteiger partial charge is 0.288 e. The summed E-state index contributed by atoms with van der Waals surface area (Å²) in [5.41, 5.74) is 4.31. The quantitative estimate of drug-likeness (QED) is 0.487. The molecule has 0 radical (unpaired) electrons. The summed E-state index contributed by atoms with van der Waals surface area (Å²) in [6, 6.07) is 13.7. The molecule has 1 atom stereocenters. The van der Waals surface area contributed by atoms with Crippen molar-refractivity contribution in [1.29, 1.82) is 5.26 Å². The van der Waals surface area contributed by atoms with Crippen LogP contribution >= 0.6 is 0 Å². The molecule has 2 aliphatic heterocycles. The number of carbonyl (C=O) groups is 1. The van der Waals surface area contributed by atoms with Crippen LogP contribution < -0.4 is 4.90 Å². The number of benzene rings is 2. The lowest BCUT2D eigenvalue weighted by atomic mass is 9.96. The van der Waals surface area contributed by atoms with Gasteiger partial charge < -0.3 is 0 Å². The average molecular weight is 439 g/mol. The number of nitrogens with zero attached hydrogens (tertiary/aromatic N) is 7. The molecule has 0 spiro atoms. The number of fused-ring (bicyclic) bond motifs is 2. The van der Waals surface area contributed by atoms with E-state index in [0.29, 0.717) is 30.8 Å². The van der Waals surface area contributed by atoms with Gasteiger partial charge in [-0.2, -0.15) is 5.26 Å². The van der Waals surface area contributed by atoms with E-state index in [0.717, 1.165) is 27.9 Å². The van der Waals surface area contributed by atoms with E-state index in [2.05, 4.69) is 15.2 Å². The summed E-state index contributed by atoms with van der Waals surface area (Å²) in [5, 5.41) is 18.4. The molecule has 0 saturated heterocycles. The lowest BCUT2D eigenvalue weighted by Crippen LogP contribution is -2.43. The van der Waals surface area contributed by atoms with Gasteiger partial charge in [0, 0.05) is 55.1 Å². The summed E-state index contributed by atoms with van der Waals surface area (Å²) in [5.74, 6) is -0.797. The molecule has 2 aromatic carbocycles. The normalized spacial score (nSPS) is 17.4. The predicted molar refractivity (Wildman–Crippen MR) is 118 cm³/mol. The smallest absolute Gasteiger partial charge is 0.261 e. The number of carbonyl (C=O) groups excluding carboxylic acids is 1. The Morgan fingerprint density at radius 1 is 1.24 bits per heavy atom. The number of aryl methyl sites for hydroxylation is 1. The first-order chi connectivity index (χ1) is 16.0. The van der Waals surface area contributed by atoms with Crippen LogP contribution in [0, 0.1) is 17.1 Å². The van der Waals surface area contributed by atoms with E-state index >= 15 is 0 Å². The number of amides is 1. The molecule has 162 valence electrons. The SMILES string of the molecule is Cn1cc(CN2CCc3nc4ccccc4c4c3C2N(c2ccc(F)c(C#N)c2)C4=O)nn1. The Morgan fingerprint density at radius 3 is 2.88 bits per heavy atom. The highest BCUT2D eigenvalue weighted by molar-refractivity contribution is 6.18. The molecule has 4 heterocycles. The van der Waals surface area contributed by atoms with Crippen LogP contribution in [-0.2, 0) is 20.0 Å². The molecule has 0 bridgehead atoms. The monoisotopic (exact) mass is 439 g/mol. The van der Waals surface area contributed by atoms with Crippen molar-refractivity contribution in [2.24, 2.45) is 7.05 Å². The van der Waals surface area contributed by atoms with Gasteiger partial charge in [0.25, 0.3) is 5.91 Å². The number of para-hydroxylation sites is 1. The van der Waals surface area contributed by atoms with Crippen LogP contribution in [0.15, 0.2) is 48.7 Å². The molecular formula is C24H18FN7O. The minimum absolute atomic E-state index is 0.101. The Hall–Kier alpha value is -4.16. The zero-order valence-electron chi connectivity index (χ0n) is 17.7. The summed E-state index contributed by atoms with van der Waals surface area (Å²) in [6.07, 6.45) is 2.10. The molecule has 0 N–H and O–H groups in total. The third-order valence-electron chi connectivity index (χ3n) is 6.29. The number of hydrogen-bond acceptors (Lipinski definition) is 6. The molecule has 6 rings (SSSR count). The fraction of sp³-hybridized carbons (Fsp3) is 0.208. The molecule has 4 aromatic rings. The van der Waals surface area contributed by atoms with Crippen molar-refractivity contribution in [2.75, 3.05) is 11.4 Å². The average Bonchev–Trinajstić information content (AvgIpc) is 3.37. The standard InChI is InChI=1S/C24H18FN7O/c1-30-12-15(28-29-30)13-31-9-8-20-22-21(17-4-2-3-5-19(17)27-20)24(33)32(23(22)31)16-6-7-18(25)14(10-16)11-26/h2-7,10,12,23H,8-9,13H2,1H3. The first-order valence-electron chi connectivity index (χ1n) is 10.6. The molecule has 0 aliphatic carbocycles. The number of aromatic nitrogens is 4. The topological polar surface area (TPSA) is 90.9 Å². The number of hydrogen-bond donors (Lipinski definition) is 0. The lowest BCUT2D eigenvalue weighted by molar-refractivity contribution is 0.0948. The summed E-state index contributed by atoms with van der Waals surface area (Å²) in [7, 11) is 1.81. The Balaban J connectivity index is 1.56. The highest BCUT2D eigenvalue weighted by atomic mass is 19.1. The molecule has 1 amide bonds. The van der Waals surface area contributed by atoms with Crippen molar-refractivity contribution in [1.82, 2.24) is 24.9 Å². The van der Waals surface area contributed by atoms with Crippen LogP contribution in [0.5, 0.6) is 0 Å². The van der Waals surface area contributed by atoms with Crippen molar-refractivity contribution < 1.29 is 9.18 Å². The van der Waals surface area contributed by atoms with Gasteiger partial charge in [-0.3, -0.25) is 24.3 Å². The van der Waals surface area contributed by atoms with E-state index in [1.165, 1.54) is 12.1 Å². The first kappa shape index (κ1) is 19.5. The zero-order valence-corrected chi connectivity index (χ0v) is 17.7. The summed E-state index contributed by atoms with van der Waals surface area (Å²) >= 11 is 0. The maximum absolute atomic E-state index is 14.1. The van der Waals surface area contributed by atoms with Crippen molar-refractivity contribution in [3.63, 3.8) is 0 Å². The van der Waals surface area contributed by atoms with Crippen LogP contribution in [0.3, 0.4) is 0 Å². The second-order valence-electron chi connectivity index (χ2n) is 8.29. The predicted octanol–water partition coefficient (Wildman–Crippen LogP) is 3.09. The highest BCUT2D eigenvalue weighted by Crippen LogP contribution is 2.46. The van der Waals surface area contributed by atoms with Crippen molar-refractivity contribution >= 4 is 22.5 Å². The van der Waals surface area contributed by atoms with Gasteiger partial charge in [0.15, 0.2) is 0 Å². The number of rotatable bonds is 3. The maximum Gasteiger partial charge on any atom is 0.261 e. The maximum atomic E-state index is 14.1. The number of nitriles is 1. The van der Waals surface area contributed by atoms with Gasteiger partial charge in [0.2, 0.25) is 0 Å². The van der Waals surface area contributed by atoms with Crippen LogP contribution in [0.1, 0.15) is 39.0 Å². The van der Waals surface area contributed by atoms with Gasteiger partial charge in [-0.15, -0.1) is 5.10 Å². The number of anilines is 1. The number of halogens is 1. The molecule has 0 saturated carbocycles. The van der Waals surface area contributed by atoms with Gasteiger partial charge in [-0.05, 0) is 24.3 Å². The third-order valence-corrected chi connectivity index (χ3v) is 6.29. The summed E-state index contributed by atoms with van der Waals surface area (Å²) in [6.45, 7) is 1.15. The van der Waals surface area contributed by atoms with E-state index < -0.39 is 12.0 Å². The summed E-state index contributed by atoms with van der Waals surface area (Å²) in [4.78, 5) is 22.6. The van der Waals surface area contributed by atoms with Gasteiger partial charge >= 0.3 is 0 Å². The van der Waals surface area contributed by atoms with Crippen molar-refractivity contribution in [3.8, 4) is 6.07 Å². The van der Waals surface area contributed by atoms with Crippen LogP contribution in [0.4, 0.5) is 10.1 Å². The van der Waals surface area contributed by atoms with Crippen molar-refractivity contribution in [2.45, 2.75) is 19.1 Å². The van der Waals surface area contributed by atoms with Crippen molar-refractivity contribution in [3.05, 3.63) is 82.6 Å². The summed E-state index contributed by atoms with van der Waals surface area (Å²) < 4.78 is 15.7. The van der Waals surface area contributed by atoms with Gasteiger partial charge in [-0.25, -0.2) is 4.39 Å².